The fourth-order valence-corrected chi connectivity index (χ4v) is 3.97. The quantitative estimate of drug-likeness (QED) is 0.703. The van der Waals surface area contributed by atoms with Crippen molar-refractivity contribution in [3.8, 4) is 0 Å². The van der Waals surface area contributed by atoms with Crippen LogP contribution in [-0.2, 0) is 9.59 Å². The van der Waals surface area contributed by atoms with Gasteiger partial charge in [-0.05, 0) is 62.4 Å². The van der Waals surface area contributed by atoms with Crippen LogP contribution < -0.4 is 16.4 Å². The van der Waals surface area contributed by atoms with Crippen LogP contribution in [0.3, 0.4) is 0 Å². The molecule has 3 rings (SSSR count). The number of benzene rings is 1. The normalized spacial score (nSPS) is 25.0. The van der Waals surface area contributed by atoms with Gasteiger partial charge in [-0.15, -0.1) is 0 Å². The Morgan fingerprint density at radius 1 is 1.27 bits per heavy atom. The summed E-state index contributed by atoms with van der Waals surface area (Å²) >= 11 is 0. The van der Waals surface area contributed by atoms with Crippen LogP contribution in [0.1, 0.15) is 37.3 Å². The smallest absolute Gasteiger partial charge is 0.239 e. The monoisotopic (exact) mass is 362 g/mol. The summed E-state index contributed by atoms with van der Waals surface area (Å²) in [6.07, 6.45) is 3.86. The lowest BCUT2D eigenvalue weighted by Gasteiger charge is -2.37. The lowest BCUT2D eigenvalue weighted by molar-refractivity contribution is -0.125. The van der Waals surface area contributed by atoms with Gasteiger partial charge in [-0.2, -0.15) is 0 Å². The minimum atomic E-state index is -0.564. The third-order valence-corrected chi connectivity index (χ3v) is 5.31. The van der Waals surface area contributed by atoms with Crippen molar-refractivity contribution in [3.63, 3.8) is 0 Å². The van der Waals surface area contributed by atoms with E-state index in [4.69, 9.17) is 5.73 Å². The molecule has 0 aromatic heterocycles. The molecule has 2 fully saturated rings. The maximum absolute atomic E-state index is 13.2. The zero-order valence-electron chi connectivity index (χ0n) is 14.9. The predicted molar refractivity (Wildman–Crippen MR) is 96.7 cm³/mol. The molecule has 7 heteroatoms. The maximum Gasteiger partial charge on any atom is 0.239 e. The molecule has 1 aromatic carbocycles. The first-order valence-corrected chi connectivity index (χ1v) is 9.34. The number of amides is 2. The Labute approximate surface area is 153 Å². The van der Waals surface area contributed by atoms with Crippen molar-refractivity contribution >= 4 is 11.8 Å². The number of primary amides is 1. The first kappa shape index (κ1) is 18.8. The molecule has 0 spiro atoms. The zero-order valence-corrected chi connectivity index (χ0v) is 14.9. The van der Waals surface area contributed by atoms with Crippen molar-refractivity contribution < 1.29 is 14.0 Å². The summed E-state index contributed by atoms with van der Waals surface area (Å²) in [5.41, 5.74) is 6.34. The molecule has 2 saturated heterocycles. The molecule has 0 aliphatic carbocycles. The lowest BCUT2D eigenvalue weighted by atomic mass is 9.94. The van der Waals surface area contributed by atoms with Crippen LogP contribution in [0.2, 0.25) is 0 Å². The largest absolute Gasteiger partial charge is 0.368 e. The van der Waals surface area contributed by atoms with Crippen molar-refractivity contribution in [1.29, 1.82) is 0 Å². The summed E-state index contributed by atoms with van der Waals surface area (Å²) in [6, 6.07) is 5.28. The first-order valence-electron chi connectivity index (χ1n) is 9.34. The molecule has 4 N–H and O–H groups in total. The molecule has 142 valence electrons. The second kappa shape index (κ2) is 8.60. The van der Waals surface area contributed by atoms with Crippen LogP contribution in [0, 0.1) is 11.7 Å². The minimum Gasteiger partial charge on any atom is -0.368 e. The first-order chi connectivity index (χ1) is 12.5. The van der Waals surface area contributed by atoms with Gasteiger partial charge < -0.3 is 16.4 Å². The Bertz CT molecular complexity index is 631. The Hall–Kier alpha value is -1.99. The topological polar surface area (TPSA) is 87.5 Å². The number of nitrogens with zero attached hydrogens (tertiary/aromatic N) is 1. The number of likely N-dealkylation sites (tertiary alicyclic amines) is 1. The lowest BCUT2D eigenvalue weighted by Crippen LogP contribution is -2.48. The third-order valence-electron chi connectivity index (χ3n) is 5.31. The molecule has 3 atom stereocenters. The summed E-state index contributed by atoms with van der Waals surface area (Å²) < 4.78 is 13.2. The van der Waals surface area contributed by atoms with E-state index in [1.165, 1.54) is 12.1 Å². The van der Waals surface area contributed by atoms with E-state index in [0.717, 1.165) is 38.8 Å². The average molecular weight is 362 g/mol. The van der Waals surface area contributed by atoms with E-state index >= 15 is 0 Å². The number of rotatable bonds is 6. The van der Waals surface area contributed by atoms with E-state index in [0.29, 0.717) is 18.7 Å². The zero-order chi connectivity index (χ0) is 18.5. The molecule has 2 amide bonds. The van der Waals surface area contributed by atoms with Crippen LogP contribution in [0.15, 0.2) is 24.3 Å². The van der Waals surface area contributed by atoms with Gasteiger partial charge in [0, 0.05) is 13.1 Å². The minimum absolute atomic E-state index is 0.0598. The average Bonchev–Trinajstić information content (AvgIpc) is 3.16. The highest BCUT2D eigenvalue weighted by atomic mass is 19.1. The Morgan fingerprint density at radius 2 is 2.04 bits per heavy atom. The molecule has 26 heavy (non-hydrogen) atoms. The number of carbonyl (C=O) groups excluding carboxylic acids is 2. The van der Waals surface area contributed by atoms with Gasteiger partial charge in [0.25, 0.3) is 0 Å². The Kier molecular flexibility index (Phi) is 6.21. The third kappa shape index (κ3) is 4.59. The summed E-state index contributed by atoms with van der Waals surface area (Å²) in [6.45, 7) is 2.94. The van der Waals surface area contributed by atoms with E-state index < -0.39 is 11.9 Å². The highest BCUT2D eigenvalue weighted by Crippen LogP contribution is 2.27. The number of carbonyl (C=O) groups is 2. The van der Waals surface area contributed by atoms with Crippen molar-refractivity contribution in [2.45, 2.75) is 37.8 Å². The van der Waals surface area contributed by atoms with Crippen molar-refractivity contribution in [1.82, 2.24) is 15.5 Å². The Morgan fingerprint density at radius 3 is 2.69 bits per heavy atom. The van der Waals surface area contributed by atoms with Gasteiger partial charge in [0.05, 0.1) is 6.04 Å². The van der Waals surface area contributed by atoms with Gasteiger partial charge in [-0.1, -0.05) is 12.1 Å². The summed E-state index contributed by atoms with van der Waals surface area (Å²) in [5, 5.41) is 6.23. The van der Waals surface area contributed by atoms with Gasteiger partial charge in [-0.3, -0.25) is 14.5 Å². The number of hydrogen-bond acceptors (Lipinski definition) is 4. The standard InChI is InChI=1S/C19H27FN4O2/c20-15-7-5-14(6-8-15)17(18(21)25)24-10-2-3-13(12-24)11-23-19(26)16-4-1-9-22-16/h5-8,13,16-17,22H,1-4,9-12H2,(H2,21,25)(H,23,26). The van der Waals surface area contributed by atoms with Crippen molar-refractivity contribution in [2.24, 2.45) is 11.7 Å². The molecule has 1 aromatic rings. The van der Waals surface area contributed by atoms with Gasteiger partial charge >= 0.3 is 0 Å². The molecule has 0 bridgehead atoms. The number of halogens is 1. The summed E-state index contributed by atoms with van der Waals surface area (Å²) in [7, 11) is 0. The number of piperidine rings is 1. The van der Waals surface area contributed by atoms with E-state index in [2.05, 4.69) is 10.6 Å². The molecule has 6 nitrogen and oxygen atoms in total. The highest BCUT2D eigenvalue weighted by molar-refractivity contribution is 5.82. The number of nitrogens with one attached hydrogen (secondary N) is 2. The van der Waals surface area contributed by atoms with Crippen molar-refractivity contribution in [2.75, 3.05) is 26.2 Å². The van der Waals surface area contributed by atoms with Gasteiger partial charge in [0.1, 0.15) is 11.9 Å². The molecule has 0 radical (unpaired) electrons. The molecule has 0 saturated carbocycles. The fourth-order valence-electron chi connectivity index (χ4n) is 3.97. The van der Waals surface area contributed by atoms with Crippen LogP contribution in [0.4, 0.5) is 4.39 Å². The second-order valence-corrected chi connectivity index (χ2v) is 7.25. The molecular weight excluding hydrogens is 335 g/mol. The van der Waals surface area contributed by atoms with Crippen molar-refractivity contribution in [3.05, 3.63) is 35.6 Å². The highest BCUT2D eigenvalue weighted by Gasteiger charge is 2.31. The second-order valence-electron chi connectivity index (χ2n) is 7.25. The molecule has 2 aliphatic heterocycles. The maximum atomic E-state index is 13.2. The summed E-state index contributed by atoms with van der Waals surface area (Å²) in [5.74, 6) is -0.436. The van der Waals surface area contributed by atoms with Crippen LogP contribution in [-0.4, -0.2) is 48.9 Å². The van der Waals surface area contributed by atoms with Crippen LogP contribution in [0.25, 0.3) is 0 Å². The van der Waals surface area contributed by atoms with E-state index in [1.807, 2.05) is 4.90 Å². The van der Waals surface area contributed by atoms with Gasteiger partial charge in [0.2, 0.25) is 11.8 Å². The summed E-state index contributed by atoms with van der Waals surface area (Å²) in [4.78, 5) is 26.3. The Balaban J connectivity index is 1.59. The number of nitrogens with two attached hydrogens (primary N) is 1. The van der Waals surface area contributed by atoms with Crippen LogP contribution in [0.5, 0.6) is 0 Å². The molecule has 2 heterocycles. The van der Waals surface area contributed by atoms with E-state index in [1.54, 1.807) is 12.1 Å². The van der Waals surface area contributed by atoms with E-state index in [9.17, 15) is 14.0 Å². The SMILES string of the molecule is NC(=O)C(c1ccc(F)cc1)N1CCCC(CNC(=O)C2CCCN2)C1. The molecule has 2 aliphatic rings. The number of hydrogen-bond donors (Lipinski definition) is 3. The molecule has 3 unspecified atom stereocenters. The van der Waals surface area contributed by atoms with E-state index in [-0.39, 0.29) is 23.7 Å². The van der Waals surface area contributed by atoms with Crippen LogP contribution >= 0.6 is 0 Å². The molecular formula is C19H27FN4O2. The fraction of sp³-hybridized carbons (Fsp3) is 0.579. The predicted octanol–water partition coefficient (Wildman–Crippen LogP) is 0.932. The van der Waals surface area contributed by atoms with Gasteiger partial charge in [-0.25, -0.2) is 4.39 Å². The van der Waals surface area contributed by atoms with Gasteiger partial charge in [0.15, 0.2) is 0 Å².